The molecule has 0 fully saturated rings. The van der Waals surface area contributed by atoms with E-state index in [1.807, 2.05) is 52.0 Å². The fraction of sp³-hybridized carbons (Fsp3) is 0.321. The number of carbonyl (C=O) groups excluding carboxylic acids is 1. The summed E-state index contributed by atoms with van der Waals surface area (Å²) in [6.07, 6.45) is 4.21. The standard InChI is InChI=1S/C28H29N3O2S2/c1-16-9-10-22(19(4)12-16)29-24(32)15-34-28-30-26-25(21-7-5-6-8-23(21)35-26)27(33)31(28)20-13-17(2)11-18(3)14-20/h9-14H,5-8,15H2,1-4H3,(H,29,32). The van der Waals surface area contributed by atoms with Crippen LogP contribution in [0, 0.1) is 27.7 Å². The molecular formula is C28H29N3O2S2. The van der Waals surface area contributed by atoms with Crippen LogP contribution in [0.2, 0.25) is 0 Å². The molecule has 0 unspecified atom stereocenters. The number of thiophene rings is 1. The topological polar surface area (TPSA) is 64.0 Å². The van der Waals surface area contributed by atoms with E-state index in [1.165, 1.54) is 22.2 Å². The number of anilines is 1. The molecule has 2 heterocycles. The molecule has 0 bridgehead atoms. The van der Waals surface area contributed by atoms with Crippen LogP contribution in [0.4, 0.5) is 5.69 Å². The van der Waals surface area contributed by atoms with Crippen LogP contribution in [0.25, 0.3) is 15.9 Å². The number of aryl methyl sites for hydroxylation is 6. The third-order valence-electron chi connectivity index (χ3n) is 6.41. The van der Waals surface area contributed by atoms with Gasteiger partial charge in [-0.1, -0.05) is 35.5 Å². The van der Waals surface area contributed by atoms with Crippen LogP contribution < -0.4 is 10.9 Å². The van der Waals surface area contributed by atoms with Gasteiger partial charge in [-0.05, 0) is 93.8 Å². The van der Waals surface area contributed by atoms with Crippen molar-refractivity contribution in [3.8, 4) is 5.69 Å². The molecule has 1 aliphatic rings. The van der Waals surface area contributed by atoms with E-state index in [0.717, 1.165) is 69.5 Å². The summed E-state index contributed by atoms with van der Waals surface area (Å²) >= 11 is 2.95. The second-order valence-electron chi connectivity index (χ2n) is 9.43. The average molecular weight is 504 g/mol. The Morgan fingerprint density at radius 2 is 1.77 bits per heavy atom. The van der Waals surface area contributed by atoms with Gasteiger partial charge >= 0.3 is 0 Å². The van der Waals surface area contributed by atoms with E-state index in [0.29, 0.717) is 5.16 Å². The molecule has 1 aliphatic carbocycles. The smallest absolute Gasteiger partial charge is 0.267 e. The molecule has 2 aromatic carbocycles. The molecule has 1 amide bonds. The number of nitrogens with one attached hydrogen (secondary N) is 1. The lowest BCUT2D eigenvalue weighted by atomic mass is 9.97. The number of rotatable bonds is 5. The van der Waals surface area contributed by atoms with Crippen molar-refractivity contribution in [1.29, 1.82) is 0 Å². The molecule has 5 nitrogen and oxygen atoms in total. The first kappa shape index (κ1) is 23.8. The van der Waals surface area contributed by atoms with Crippen molar-refractivity contribution < 1.29 is 4.79 Å². The molecular weight excluding hydrogens is 474 g/mol. The van der Waals surface area contributed by atoms with Gasteiger partial charge in [0.2, 0.25) is 5.91 Å². The third-order valence-corrected chi connectivity index (χ3v) is 8.54. The Bertz CT molecular complexity index is 1500. The Labute approximate surface area is 213 Å². The number of fused-ring (bicyclic) bond motifs is 3. The second-order valence-corrected chi connectivity index (χ2v) is 11.5. The summed E-state index contributed by atoms with van der Waals surface area (Å²) in [6.45, 7) is 8.08. The molecule has 1 N–H and O–H groups in total. The number of amides is 1. The minimum atomic E-state index is -0.117. The zero-order chi connectivity index (χ0) is 24.7. The van der Waals surface area contributed by atoms with E-state index in [9.17, 15) is 9.59 Å². The van der Waals surface area contributed by atoms with Crippen molar-refractivity contribution in [3.05, 3.63) is 79.4 Å². The Morgan fingerprint density at radius 1 is 1.03 bits per heavy atom. The molecule has 0 spiro atoms. The number of aromatic nitrogens is 2. The molecule has 4 aromatic rings. The Kier molecular flexibility index (Phi) is 6.55. The minimum Gasteiger partial charge on any atom is -0.325 e. The van der Waals surface area contributed by atoms with Gasteiger partial charge in [-0.3, -0.25) is 14.2 Å². The van der Waals surface area contributed by atoms with E-state index in [2.05, 4.69) is 17.4 Å². The van der Waals surface area contributed by atoms with Crippen molar-refractivity contribution in [2.75, 3.05) is 11.1 Å². The molecule has 0 saturated carbocycles. The van der Waals surface area contributed by atoms with Gasteiger partial charge in [0.1, 0.15) is 4.83 Å². The molecule has 180 valence electrons. The fourth-order valence-electron chi connectivity index (χ4n) is 4.86. The minimum absolute atomic E-state index is 0.0308. The van der Waals surface area contributed by atoms with Gasteiger partial charge in [0.25, 0.3) is 5.56 Å². The van der Waals surface area contributed by atoms with Crippen molar-refractivity contribution in [2.24, 2.45) is 0 Å². The normalized spacial score (nSPS) is 13.1. The number of nitrogens with zero attached hydrogens (tertiary/aromatic N) is 2. The Morgan fingerprint density at radius 3 is 2.51 bits per heavy atom. The van der Waals surface area contributed by atoms with Crippen LogP contribution in [0.1, 0.15) is 45.5 Å². The molecule has 0 atom stereocenters. The van der Waals surface area contributed by atoms with Gasteiger partial charge in [-0.25, -0.2) is 4.98 Å². The van der Waals surface area contributed by atoms with Crippen molar-refractivity contribution in [3.63, 3.8) is 0 Å². The van der Waals surface area contributed by atoms with Crippen LogP contribution in [0.15, 0.2) is 46.3 Å². The second kappa shape index (κ2) is 9.63. The number of hydrogen-bond acceptors (Lipinski definition) is 5. The van der Waals surface area contributed by atoms with E-state index in [4.69, 9.17) is 4.98 Å². The van der Waals surface area contributed by atoms with E-state index >= 15 is 0 Å². The fourth-order valence-corrected chi connectivity index (χ4v) is 6.98. The van der Waals surface area contributed by atoms with Crippen LogP contribution in [-0.2, 0) is 17.6 Å². The molecule has 2 aromatic heterocycles. The summed E-state index contributed by atoms with van der Waals surface area (Å²) in [6, 6.07) is 12.1. The molecule has 0 radical (unpaired) electrons. The van der Waals surface area contributed by atoms with E-state index in [1.54, 1.807) is 15.9 Å². The SMILES string of the molecule is Cc1cc(C)cc(-n2c(SCC(=O)Nc3ccc(C)cc3C)nc3sc4c(c3c2=O)CCCC4)c1. The van der Waals surface area contributed by atoms with Crippen LogP contribution >= 0.6 is 23.1 Å². The summed E-state index contributed by atoms with van der Waals surface area (Å²) in [5.41, 5.74) is 7.11. The summed E-state index contributed by atoms with van der Waals surface area (Å²) in [7, 11) is 0. The first-order chi connectivity index (χ1) is 16.8. The molecule has 0 aliphatic heterocycles. The summed E-state index contributed by atoms with van der Waals surface area (Å²) in [5, 5.41) is 4.32. The highest BCUT2D eigenvalue weighted by atomic mass is 32.2. The summed E-state index contributed by atoms with van der Waals surface area (Å²) in [5.74, 6) is 0.0509. The lowest BCUT2D eigenvalue weighted by Gasteiger charge is -2.15. The van der Waals surface area contributed by atoms with Crippen LogP contribution in [0.3, 0.4) is 0 Å². The quantitative estimate of drug-likeness (QED) is 0.257. The predicted molar refractivity (Wildman–Crippen MR) is 147 cm³/mol. The lowest BCUT2D eigenvalue weighted by Crippen LogP contribution is -2.23. The zero-order valence-corrected chi connectivity index (χ0v) is 22.2. The van der Waals surface area contributed by atoms with Gasteiger partial charge in [0.05, 0.1) is 16.8 Å². The maximum atomic E-state index is 13.9. The van der Waals surface area contributed by atoms with Gasteiger partial charge in [-0.2, -0.15) is 0 Å². The number of carbonyl (C=O) groups is 1. The van der Waals surface area contributed by atoms with E-state index in [-0.39, 0.29) is 17.2 Å². The summed E-state index contributed by atoms with van der Waals surface area (Å²) in [4.78, 5) is 33.8. The average Bonchev–Trinajstić information content (AvgIpc) is 3.17. The van der Waals surface area contributed by atoms with Gasteiger partial charge in [-0.15, -0.1) is 11.3 Å². The monoisotopic (exact) mass is 503 g/mol. The third kappa shape index (κ3) is 4.80. The molecule has 35 heavy (non-hydrogen) atoms. The first-order valence-corrected chi connectivity index (χ1v) is 13.8. The Balaban J connectivity index is 1.54. The van der Waals surface area contributed by atoms with Crippen LogP contribution in [-0.4, -0.2) is 21.2 Å². The molecule has 0 saturated heterocycles. The van der Waals surface area contributed by atoms with Crippen molar-refractivity contribution >= 4 is 44.9 Å². The predicted octanol–water partition coefficient (Wildman–Crippen LogP) is 6.29. The zero-order valence-electron chi connectivity index (χ0n) is 20.5. The van der Waals surface area contributed by atoms with Gasteiger partial charge < -0.3 is 5.32 Å². The highest BCUT2D eigenvalue weighted by Crippen LogP contribution is 2.35. The first-order valence-electron chi connectivity index (χ1n) is 12.0. The Hall–Kier alpha value is -2.90. The van der Waals surface area contributed by atoms with Gasteiger partial charge in [0.15, 0.2) is 5.16 Å². The highest BCUT2D eigenvalue weighted by molar-refractivity contribution is 7.99. The van der Waals surface area contributed by atoms with Gasteiger partial charge in [0, 0.05) is 10.6 Å². The van der Waals surface area contributed by atoms with Crippen molar-refractivity contribution in [2.45, 2.75) is 58.5 Å². The summed E-state index contributed by atoms with van der Waals surface area (Å²) < 4.78 is 1.71. The van der Waals surface area contributed by atoms with Crippen molar-refractivity contribution in [1.82, 2.24) is 9.55 Å². The molecule has 5 rings (SSSR count). The number of hydrogen-bond donors (Lipinski definition) is 1. The number of thioether (sulfide) groups is 1. The maximum Gasteiger partial charge on any atom is 0.267 e. The highest BCUT2D eigenvalue weighted by Gasteiger charge is 2.23. The number of benzene rings is 2. The van der Waals surface area contributed by atoms with Crippen LogP contribution in [0.5, 0.6) is 0 Å². The maximum absolute atomic E-state index is 13.9. The van der Waals surface area contributed by atoms with E-state index < -0.39 is 0 Å². The largest absolute Gasteiger partial charge is 0.325 e. The molecule has 7 heteroatoms. The lowest BCUT2D eigenvalue weighted by molar-refractivity contribution is -0.113.